The Bertz CT molecular complexity index is 1270. The average Bonchev–Trinajstić information content (AvgIpc) is 3.44. The second-order valence-corrected chi connectivity index (χ2v) is 9.90. The fourth-order valence-electron chi connectivity index (χ4n) is 3.51. The number of nitrogens with zero attached hydrogens (tertiary/aromatic N) is 4. The molecule has 3 amide bonds. The Labute approximate surface area is 211 Å². The van der Waals surface area contributed by atoms with Crippen LogP contribution in [-0.2, 0) is 20.9 Å². The van der Waals surface area contributed by atoms with Gasteiger partial charge in [0, 0.05) is 17.4 Å². The van der Waals surface area contributed by atoms with Gasteiger partial charge in [-0.2, -0.15) is 4.99 Å². The van der Waals surface area contributed by atoms with E-state index in [0.717, 1.165) is 39.2 Å². The number of hydrogen-bond acceptors (Lipinski definition) is 7. The largest absolute Gasteiger partial charge is 0.497 e. The number of hydrogen-bond donors (Lipinski definition) is 0. The first kappa shape index (κ1) is 24.6. The molecule has 8 nitrogen and oxygen atoms in total. The highest BCUT2D eigenvalue weighted by Gasteiger charge is 2.29. The van der Waals surface area contributed by atoms with Crippen LogP contribution in [0, 0.1) is 6.92 Å². The summed E-state index contributed by atoms with van der Waals surface area (Å²) in [4.78, 5) is 49.6. The fourth-order valence-corrected chi connectivity index (χ4v) is 5.38. The number of anilines is 1. The number of benzene rings is 2. The van der Waals surface area contributed by atoms with Crippen molar-refractivity contribution in [2.45, 2.75) is 20.4 Å². The Kier molecular flexibility index (Phi) is 7.62. The molecule has 0 unspecified atom stereocenters. The molecule has 1 aromatic heterocycles. The Morgan fingerprint density at radius 2 is 1.86 bits per heavy atom. The summed E-state index contributed by atoms with van der Waals surface area (Å²) < 4.78 is 5.25. The molecule has 0 aliphatic carbocycles. The van der Waals surface area contributed by atoms with Gasteiger partial charge in [0.2, 0.25) is 11.8 Å². The summed E-state index contributed by atoms with van der Waals surface area (Å²) in [6, 6.07) is 17.3. The topological polar surface area (TPSA) is 92.2 Å². The van der Waals surface area contributed by atoms with Gasteiger partial charge >= 0.3 is 0 Å². The van der Waals surface area contributed by atoms with Crippen LogP contribution in [-0.4, -0.2) is 52.2 Å². The van der Waals surface area contributed by atoms with Gasteiger partial charge in [-0.15, -0.1) is 11.3 Å². The third-order valence-electron chi connectivity index (χ3n) is 5.31. The van der Waals surface area contributed by atoms with Crippen LogP contribution >= 0.6 is 23.1 Å². The number of amides is 3. The van der Waals surface area contributed by atoms with Crippen LogP contribution in [0.2, 0.25) is 0 Å². The minimum atomic E-state index is -0.393. The molecule has 0 radical (unpaired) electrons. The smallest absolute Gasteiger partial charge is 0.268 e. The van der Waals surface area contributed by atoms with E-state index in [1.807, 2.05) is 61.5 Å². The maximum atomic E-state index is 13.4. The Hall–Kier alpha value is -3.50. The monoisotopic (exact) mass is 508 g/mol. The van der Waals surface area contributed by atoms with Crippen molar-refractivity contribution in [3.05, 3.63) is 65.0 Å². The van der Waals surface area contributed by atoms with Gasteiger partial charge in [-0.3, -0.25) is 24.2 Å². The lowest BCUT2D eigenvalue weighted by atomic mass is 10.1. The SMILES string of the molecule is COc1ccc(-c2nc(N(Cc3ccccc3)C(=O)CSC3=NC(=O)CN3C(C)=O)sc2C)cc1. The van der Waals surface area contributed by atoms with Gasteiger partial charge in [0.05, 0.1) is 25.1 Å². The van der Waals surface area contributed by atoms with Gasteiger partial charge in [-0.05, 0) is 36.8 Å². The maximum Gasteiger partial charge on any atom is 0.268 e. The molecule has 1 aliphatic heterocycles. The summed E-state index contributed by atoms with van der Waals surface area (Å²) >= 11 is 2.53. The Balaban J connectivity index is 1.59. The molecular formula is C25H24N4O4S2. The number of ether oxygens (including phenoxy) is 1. The maximum absolute atomic E-state index is 13.4. The highest BCUT2D eigenvalue weighted by atomic mass is 32.2. The van der Waals surface area contributed by atoms with Crippen LogP contribution in [0.1, 0.15) is 17.4 Å². The summed E-state index contributed by atoms with van der Waals surface area (Å²) in [5, 5.41) is 0.834. The van der Waals surface area contributed by atoms with Gasteiger partial charge in [0.15, 0.2) is 10.3 Å². The molecule has 0 saturated heterocycles. The van der Waals surface area contributed by atoms with E-state index in [0.29, 0.717) is 11.7 Å². The molecule has 2 aromatic carbocycles. The average molecular weight is 509 g/mol. The number of carbonyl (C=O) groups excluding carboxylic acids is 3. The van der Waals surface area contributed by atoms with Crippen molar-refractivity contribution in [2.24, 2.45) is 4.99 Å². The van der Waals surface area contributed by atoms with Crippen molar-refractivity contribution in [3.63, 3.8) is 0 Å². The molecular weight excluding hydrogens is 484 g/mol. The lowest BCUT2D eigenvalue weighted by molar-refractivity contribution is -0.127. The van der Waals surface area contributed by atoms with Gasteiger partial charge in [-0.25, -0.2) is 4.98 Å². The summed E-state index contributed by atoms with van der Waals surface area (Å²) in [5.74, 6) is -0.0994. The Morgan fingerprint density at radius 1 is 1.14 bits per heavy atom. The predicted octanol–water partition coefficient (Wildman–Crippen LogP) is 4.14. The number of carbonyl (C=O) groups is 3. The molecule has 0 fully saturated rings. The number of thioether (sulfide) groups is 1. The summed E-state index contributed by atoms with van der Waals surface area (Å²) in [6.45, 7) is 3.61. The lowest BCUT2D eigenvalue weighted by Crippen LogP contribution is -2.35. The van der Waals surface area contributed by atoms with Crippen molar-refractivity contribution in [1.82, 2.24) is 9.88 Å². The number of aryl methyl sites for hydroxylation is 1. The molecule has 0 N–H and O–H groups in total. The number of aromatic nitrogens is 1. The second-order valence-electron chi connectivity index (χ2n) is 7.78. The molecule has 4 rings (SSSR count). The van der Waals surface area contributed by atoms with E-state index in [1.54, 1.807) is 12.0 Å². The molecule has 0 bridgehead atoms. The van der Waals surface area contributed by atoms with E-state index in [1.165, 1.54) is 23.2 Å². The molecule has 180 valence electrons. The van der Waals surface area contributed by atoms with Crippen molar-refractivity contribution in [2.75, 3.05) is 24.3 Å². The van der Waals surface area contributed by atoms with Crippen molar-refractivity contribution < 1.29 is 19.1 Å². The molecule has 0 atom stereocenters. The third-order valence-corrected chi connectivity index (χ3v) is 7.27. The van der Waals surface area contributed by atoms with Crippen molar-refractivity contribution in [3.8, 4) is 17.0 Å². The Morgan fingerprint density at radius 3 is 2.51 bits per heavy atom. The lowest BCUT2D eigenvalue weighted by Gasteiger charge is -2.21. The molecule has 0 saturated carbocycles. The zero-order chi connectivity index (χ0) is 24.9. The first-order valence-electron chi connectivity index (χ1n) is 10.8. The number of thiazole rings is 1. The summed E-state index contributed by atoms with van der Waals surface area (Å²) in [6.07, 6.45) is 0. The minimum absolute atomic E-state index is 0.0131. The molecule has 35 heavy (non-hydrogen) atoms. The summed E-state index contributed by atoms with van der Waals surface area (Å²) in [5.41, 5.74) is 2.70. The second kappa shape index (κ2) is 10.8. The van der Waals surface area contributed by atoms with Crippen LogP contribution in [0.4, 0.5) is 5.13 Å². The standard InChI is InChI=1S/C25H24N4O4S2/c1-16-23(19-9-11-20(33-3)12-10-19)27-25(35-16)29(13-18-7-5-4-6-8-18)22(32)15-34-24-26-21(31)14-28(24)17(2)30/h4-12H,13-15H2,1-3H3. The molecule has 3 aromatic rings. The molecule has 0 spiro atoms. The quantitative estimate of drug-likeness (QED) is 0.476. The molecule has 2 heterocycles. The van der Waals surface area contributed by atoms with E-state index in [2.05, 4.69) is 4.99 Å². The highest BCUT2D eigenvalue weighted by molar-refractivity contribution is 8.14. The van der Waals surface area contributed by atoms with E-state index >= 15 is 0 Å². The van der Waals surface area contributed by atoms with Gasteiger partial charge in [-0.1, -0.05) is 42.1 Å². The van der Waals surface area contributed by atoms with E-state index < -0.39 is 5.91 Å². The van der Waals surface area contributed by atoms with Crippen LogP contribution in [0.25, 0.3) is 11.3 Å². The zero-order valence-corrected chi connectivity index (χ0v) is 21.2. The van der Waals surface area contributed by atoms with Gasteiger partial charge in [0.1, 0.15) is 12.3 Å². The van der Waals surface area contributed by atoms with E-state index in [-0.39, 0.29) is 29.3 Å². The highest BCUT2D eigenvalue weighted by Crippen LogP contribution is 2.34. The predicted molar refractivity (Wildman–Crippen MR) is 139 cm³/mol. The van der Waals surface area contributed by atoms with Crippen molar-refractivity contribution in [1.29, 1.82) is 0 Å². The first-order chi connectivity index (χ1) is 16.9. The number of methoxy groups -OCH3 is 1. The van der Waals surface area contributed by atoms with E-state index in [4.69, 9.17) is 9.72 Å². The first-order valence-corrected chi connectivity index (χ1v) is 12.6. The van der Waals surface area contributed by atoms with Crippen LogP contribution in [0.5, 0.6) is 5.75 Å². The zero-order valence-electron chi connectivity index (χ0n) is 19.6. The number of amidine groups is 1. The van der Waals surface area contributed by atoms with Crippen LogP contribution in [0.15, 0.2) is 59.6 Å². The normalized spacial score (nSPS) is 13.1. The summed E-state index contributed by atoms with van der Waals surface area (Å²) in [7, 11) is 1.62. The number of aliphatic imine (C=N–C) groups is 1. The van der Waals surface area contributed by atoms with Crippen molar-refractivity contribution >= 4 is 51.1 Å². The number of rotatable bonds is 7. The third kappa shape index (κ3) is 5.77. The van der Waals surface area contributed by atoms with Crippen LogP contribution < -0.4 is 9.64 Å². The molecule has 10 heteroatoms. The molecule has 1 aliphatic rings. The fraction of sp³-hybridized carbons (Fsp3) is 0.240. The van der Waals surface area contributed by atoms with E-state index in [9.17, 15) is 14.4 Å². The van der Waals surface area contributed by atoms with Crippen LogP contribution in [0.3, 0.4) is 0 Å². The van der Waals surface area contributed by atoms with Gasteiger partial charge < -0.3 is 4.74 Å². The van der Waals surface area contributed by atoms with Gasteiger partial charge in [0.25, 0.3) is 5.91 Å². The minimum Gasteiger partial charge on any atom is -0.497 e.